The molecule has 1 aliphatic rings. The van der Waals surface area contributed by atoms with Crippen LogP contribution in [-0.4, -0.2) is 11.8 Å². The van der Waals surface area contributed by atoms with Gasteiger partial charge in [0, 0.05) is 10.9 Å². The summed E-state index contributed by atoms with van der Waals surface area (Å²) in [7, 11) is 0. The van der Waals surface area contributed by atoms with Crippen LogP contribution in [0.3, 0.4) is 0 Å². The van der Waals surface area contributed by atoms with E-state index in [1.807, 2.05) is 18.2 Å². The topological polar surface area (TPSA) is 35.8 Å². The average molecular weight is 244 g/mol. The van der Waals surface area contributed by atoms with Crippen molar-refractivity contribution in [3.63, 3.8) is 0 Å². The monoisotopic (exact) mass is 244 g/mol. The molecule has 0 fully saturated rings. The Morgan fingerprint density at radius 3 is 2.82 bits per heavy atom. The third-order valence-corrected chi connectivity index (χ3v) is 3.75. The minimum atomic E-state index is 0.448. The summed E-state index contributed by atoms with van der Waals surface area (Å²) < 4.78 is 0. The van der Waals surface area contributed by atoms with Crippen molar-refractivity contribution < 1.29 is 0 Å². The normalized spacial score (nSPS) is 14.8. The molecule has 17 heavy (non-hydrogen) atoms. The quantitative estimate of drug-likeness (QED) is 0.646. The number of anilines is 1. The number of nitriles is 1. The van der Waals surface area contributed by atoms with Gasteiger partial charge in [0.15, 0.2) is 0 Å². The van der Waals surface area contributed by atoms with Crippen molar-refractivity contribution in [3.8, 4) is 6.07 Å². The first-order valence-corrected chi connectivity index (χ1v) is 6.91. The highest BCUT2D eigenvalue weighted by Crippen LogP contribution is 2.29. The number of rotatable bonds is 4. The third-order valence-electron chi connectivity index (χ3n) is 2.81. The molecule has 0 amide bonds. The third kappa shape index (κ3) is 2.83. The fourth-order valence-corrected chi connectivity index (χ4v) is 2.78. The summed E-state index contributed by atoms with van der Waals surface area (Å²) in [5, 5.41) is 12.7. The predicted molar refractivity (Wildman–Crippen MR) is 73.3 cm³/mol. The summed E-state index contributed by atoms with van der Waals surface area (Å²) >= 11 is 1.72. The van der Waals surface area contributed by atoms with Crippen LogP contribution in [0.25, 0.3) is 0 Å². The van der Waals surface area contributed by atoms with Gasteiger partial charge >= 0.3 is 0 Å². The van der Waals surface area contributed by atoms with Gasteiger partial charge in [0.25, 0.3) is 0 Å². The van der Waals surface area contributed by atoms with Crippen molar-refractivity contribution in [2.24, 2.45) is 0 Å². The van der Waals surface area contributed by atoms with Gasteiger partial charge in [-0.15, -0.1) is 11.8 Å². The Kier molecular flexibility index (Phi) is 4.11. The molecule has 0 bridgehead atoms. The van der Waals surface area contributed by atoms with E-state index < -0.39 is 0 Å². The molecular weight excluding hydrogens is 228 g/mol. The van der Waals surface area contributed by atoms with E-state index in [1.54, 1.807) is 11.8 Å². The van der Waals surface area contributed by atoms with Crippen molar-refractivity contribution in [2.45, 2.75) is 30.7 Å². The molecule has 0 saturated heterocycles. The lowest BCUT2D eigenvalue weighted by atomic mass is 10.1. The van der Waals surface area contributed by atoms with Crippen molar-refractivity contribution in [2.75, 3.05) is 11.1 Å². The maximum atomic E-state index is 9.28. The van der Waals surface area contributed by atoms with Crippen LogP contribution in [0.15, 0.2) is 35.2 Å². The lowest BCUT2D eigenvalue weighted by Gasteiger charge is -2.16. The van der Waals surface area contributed by atoms with Crippen LogP contribution < -0.4 is 5.32 Å². The lowest BCUT2D eigenvalue weighted by molar-refractivity contribution is 0.786. The van der Waals surface area contributed by atoms with Gasteiger partial charge < -0.3 is 5.32 Å². The van der Waals surface area contributed by atoms with Crippen LogP contribution in [0.5, 0.6) is 0 Å². The molecule has 2 nitrogen and oxygen atoms in total. The number of nitrogens with zero attached hydrogens (tertiary/aromatic N) is 1. The zero-order chi connectivity index (χ0) is 12.1. The molecule has 2 rings (SSSR count). The molecule has 1 N–H and O–H groups in total. The number of hydrogen-bond donors (Lipinski definition) is 1. The van der Waals surface area contributed by atoms with Crippen molar-refractivity contribution in [1.29, 1.82) is 5.26 Å². The van der Waals surface area contributed by atoms with Gasteiger partial charge in [0.1, 0.15) is 6.07 Å². The summed E-state index contributed by atoms with van der Waals surface area (Å²) in [6, 6.07) is 8.80. The molecule has 0 saturated carbocycles. The van der Waals surface area contributed by atoms with E-state index in [-0.39, 0.29) is 0 Å². The van der Waals surface area contributed by atoms with Gasteiger partial charge in [-0.1, -0.05) is 25.1 Å². The molecule has 0 aromatic heterocycles. The average Bonchev–Trinajstić information content (AvgIpc) is 2.83. The first kappa shape index (κ1) is 12.1. The lowest BCUT2D eigenvalue weighted by Crippen LogP contribution is -2.16. The molecule has 0 spiro atoms. The van der Waals surface area contributed by atoms with Crippen LogP contribution in [-0.2, 0) is 0 Å². The highest BCUT2D eigenvalue weighted by atomic mass is 32.2. The summed E-state index contributed by atoms with van der Waals surface area (Å²) in [6.45, 7) is 2.10. The first-order chi connectivity index (χ1) is 8.35. The van der Waals surface area contributed by atoms with Crippen LogP contribution in [0.2, 0.25) is 0 Å². The van der Waals surface area contributed by atoms with Gasteiger partial charge in [-0.3, -0.25) is 0 Å². The first-order valence-electron chi connectivity index (χ1n) is 5.92. The highest BCUT2D eigenvalue weighted by molar-refractivity contribution is 7.99. The summed E-state index contributed by atoms with van der Waals surface area (Å²) in [4.78, 5) is 1.07. The standard InChI is InChI=1S/C14H16N2S/c1-2-17-14-9-5-8-13(12(14)10-15)16-11-6-3-4-7-11/h3-5,8-9,11,16H,2,6-7H2,1H3. The zero-order valence-electron chi connectivity index (χ0n) is 9.94. The fourth-order valence-electron chi connectivity index (χ4n) is 2.00. The summed E-state index contributed by atoms with van der Waals surface area (Å²) in [5.41, 5.74) is 1.76. The molecule has 0 unspecified atom stereocenters. The number of nitrogens with one attached hydrogen (secondary N) is 1. The second kappa shape index (κ2) is 5.79. The Morgan fingerprint density at radius 1 is 1.41 bits per heavy atom. The van der Waals surface area contributed by atoms with Gasteiger partial charge in [-0.2, -0.15) is 5.26 Å². The van der Waals surface area contributed by atoms with E-state index in [2.05, 4.69) is 30.5 Å². The van der Waals surface area contributed by atoms with Crippen molar-refractivity contribution >= 4 is 17.4 Å². The van der Waals surface area contributed by atoms with Crippen LogP contribution in [0.1, 0.15) is 25.3 Å². The number of thioether (sulfide) groups is 1. The molecule has 0 heterocycles. The Morgan fingerprint density at radius 2 is 2.18 bits per heavy atom. The van der Waals surface area contributed by atoms with Gasteiger partial charge in [-0.25, -0.2) is 0 Å². The number of hydrogen-bond acceptors (Lipinski definition) is 3. The van der Waals surface area contributed by atoms with E-state index in [9.17, 15) is 5.26 Å². The second-order valence-corrected chi connectivity index (χ2v) is 5.31. The Balaban J connectivity index is 2.20. The smallest absolute Gasteiger partial charge is 0.102 e. The Hall–Kier alpha value is -1.40. The largest absolute Gasteiger partial charge is 0.381 e. The molecule has 0 aliphatic heterocycles. The molecule has 0 atom stereocenters. The van der Waals surface area contributed by atoms with E-state index in [0.717, 1.165) is 34.7 Å². The second-order valence-electron chi connectivity index (χ2n) is 4.01. The summed E-state index contributed by atoms with van der Waals surface area (Å²) in [5.74, 6) is 0.989. The Labute approximate surface area is 107 Å². The van der Waals surface area contributed by atoms with Crippen LogP contribution in [0.4, 0.5) is 5.69 Å². The van der Waals surface area contributed by atoms with Crippen molar-refractivity contribution in [3.05, 3.63) is 35.9 Å². The number of benzene rings is 1. The van der Waals surface area contributed by atoms with Gasteiger partial charge in [-0.05, 0) is 30.7 Å². The Bertz CT molecular complexity index is 452. The van der Waals surface area contributed by atoms with E-state index in [4.69, 9.17) is 0 Å². The molecule has 1 aromatic carbocycles. The minimum Gasteiger partial charge on any atom is -0.381 e. The molecule has 88 valence electrons. The molecule has 3 heteroatoms. The van der Waals surface area contributed by atoms with Crippen LogP contribution >= 0.6 is 11.8 Å². The zero-order valence-corrected chi connectivity index (χ0v) is 10.8. The van der Waals surface area contributed by atoms with Gasteiger partial charge in [0.2, 0.25) is 0 Å². The van der Waals surface area contributed by atoms with E-state index in [0.29, 0.717) is 6.04 Å². The fraction of sp³-hybridized carbons (Fsp3) is 0.357. The van der Waals surface area contributed by atoms with E-state index >= 15 is 0 Å². The van der Waals surface area contributed by atoms with Gasteiger partial charge in [0.05, 0.1) is 11.3 Å². The molecular formula is C14H16N2S. The maximum absolute atomic E-state index is 9.28. The molecule has 1 aliphatic carbocycles. The minimum absolute atomic E-state index is 0.448. The van der Waals surface area contributed by atoms with Crippen LogP contribution in [0, 0.1) is 11.3 Å². The van der Waals surface area contributed by atoms with Crippen molar-refractivity contribution in [1.82, 2.24) is 0 Å². The maximum Gasteiger partial charge on any atom is 0.102 e. The van der Waals surface area contributed by atoms with E-state index in [1.165, 1.54) is 0 Å². The summed E-state index contributed by atoms with van der Waals surface area (Å²) in [6.07, 6.45) is 6.48. The highest BCUT2D eigenvalue weighted by Gasteiger charge is 2.13. The molecule has 0 radical (unpaired) electrons. The SMILES string of the molecule is CCSc1cccc(NC2CC=CC2)c1C#N. The predicted octanol–water partition coefficient (Wildman–Crippen LogP) is 3.80. The molecule has 1 aromatic rings.